The minimum atomic E-state index is -0.302. The number of nitrogens with zero attached hydrogens (tertiary/aromatic N) is 4. The number of ether oxygens (including phenoxy) is 1. The summed E-state index contributed by atoms with van der Waals surface area (Å²) < 4.78 is 10.2. The van der Waals surface area contributed by atoms with E-state index in [-0.39, 0.29) is 6.10 Å². The summed E-state index contributed by atoms with van der Waals surface area (Å²) in [6.07, 6.45) is 1.47. The summed E-state index contributed by atoms with van der Waals surface area (Å²) >= 11 is 14.0. The summed E-state index contributed by atoms with van der Waals surface area (Å²) in [5.74, 6) is 0.569. The molecule has 1 unspecified atom stereocenters. The SMILES string of the molecule is Cc1ccc(C)n1-c1ccsc1-c1cc2nccc(C(C)Oc3ccc(Cl)cc3Cl)n2n1. The first-order valence-electron chi connectivity index (χ1n) is 10.1. The lowest BCUT2D eigenvalue weighted by atomic mass is 10.2. The molecule has 4 heterocycles. The van der Waals surface area contributed by atoms with E-state index in [1.165, 1.54) is 11.4 Å². The van der Waals surface area contributed by atoms with Gasteiger partial charge in [-0.3, -0.25) is 0 Å². The average Bonchev–Trinajstić information content (AvgIpc) is 3.47. The zero-order chi connectivity index (χ0) is 22.4. The van der Waals surface area contributed by atoms with Crippen molar-refractivity contribution in [2.24, 2.45) is 0 Å². The molecule has 0 aliphatic rings. The predicted octanol–water partition coefficient (Wildman–Crippen LogP) is 7.31. The lowest BCUT2D eigenvalue weighted by Crippen LogP contribution is -2.10. The average molecular weight is 483 g/mol. The Kier molecular flexibility index (Phi) is 5.45. The van der Waals surface area contributed by atoms with E-state index in [0.29, 0.717) is 15.8 Å². The molecule has 1 atom stereocenters. The Morgan fingerprint density at radius 3 is 2.53 bits per heavy atom. The molecule has 0 fully saturated rings. The van der Waals surface area contributed by atoms with E-state index in [2.05, 4.69) is 47.0 Å². The summed E-state index contributed by atoms with van der Waals surface area (Å²) in [5, 5.41) is 8.03. The Morgan fingerprint density at radius 2 is 1.78 bits per heavy atom. The number of aromatic nitrogens is 4. The molecule has 4 aromatic heterocycles. The molecule has 0 radical (unpaired) electrons. The van der Waals surface area contributed by atoms with E-state index in [0.717, 1.165) is 27.6 Å². The van der Waals surface area contributed by atoms with E-state index < -0.39 is 0 Å². The van der Waals surface area contributed by atoms with Gasteiger partial charge in [0.15, 0.2) is 5.65 Å². The van der Waals surface area contributed by atoms with Gasteiger partial charge >= 0.3 is 0 Å². The van der Waals surface area contributed by atoms with Crippen LogP contribution in [0.4, 0.5) is 0 Å². The number of hydrogen-bond donors (Lipinski definition) is 0. The van der Waals surface area contributed by atoms with Gasteiger partial charge in [-0.25, -0.2) is 9.50 Å². The minimum absolute atomic E-state index is 0.302. The van der Waals surface area contributed by atoms with Crippen LogP contribution in [-0.2, 0) is 0 Å². The fourth-order valence-electron chi connectivity index (χ4n) is 3.87. The molecule has 5 aromatic rings. The monoisotopic (exact) mass is 482 g/mol. The zero-order valence-corrected chi connectivity index (χ0v) is 20.0. The molecule has 162 valence electrons. The molecule has 8 heteroatoms. The molecule has 1 aromatic carbocycles. The number of thiophene rings is 1. The van der Waals surface area contributed by atoms with Gasteiger partial charge in [0.05, 0.1) is 21.3 Å². The molecule has 0 aliphatic carbocycles. The fourth-order valence-corrected chi connectivity index (χ4v) is 5.16. The third-order valence-electron chi connectivity index (χ3n) is 5.39. The van der Waals surface area contributed by atoms with Gasteiger partial charge in [-0.15, -0.1) is 11.3 Å². The number of aryl methyl sites for hydroxylation is 2. The second-order valence-electron chi connectivity index (χ2n) is 7.59. The summed E-state index contributed by atoms with van der Waals surface area (Å²) in [7, 11) is 0. The lowest BCUT2D eigenvalue weighted by molar-refractivity contribution is 0.219. The molecule has 0 amide bonds. The quantitative estimate of drug-likeness (QED) is 0.263. The first kappa shape index (κ1) is 21.1. The van der Waals surface area contributed by atoms with Crippen LogP contribution in [0.3, 0.4) is 0 Å². The summed E-state index contributed by atoms with van der Waals surface area (Å²) in [5.41, 5.74) is 6.00. The van der Waals surface area contributed by atoms with Gasteiger partial charge in [-0.05, 0) is 68.6 Å². The van der Waals surface area contributed by atoms with Crippen molar-refractivity contribution < 1.29 is 4.74 Å². The molecule has 0 saturated carbocycles. The Bertz CT molecular complexity index is 1420. The molecule has 32 heavy (non-hydrogen) atoms. The van der Waals surface area contributed by atoms with Crippen LogP contribution < -0.4 is 4.74 Å². The van der Waals surface area contributed by atoms with Gasteiger partial charge in [-0.2, -0.15) is 5.10 Å². The van der Waals surface area contributed by atoms with Gasteiger partial charge in [0.1, 0.15) is 17.5 Å². The maximum absolute atomic E-state index is 6.30. The Balaban J connectivity index is 1.54. The van der Waals surface area contributed by atoms with Crippen molar-refractivity contribution in [1.82, 2.24) is 19.2 Å². The zero-order valence-electron chi connectivity index (χ0n) is 17.7. The van der Waals surface area contributed by atoms with Gasteiger partial charge in [0, 0.05) is 28.7 Å². The molecule has 5 rings (SSSR count). The van der Waals surface area contributed by atoms with Gasteiger partial charge in [-0.1, -0.05) is 23.2 Å². The molecule has 0 spiro atoms. The van der Waals surface area contributed by atoms with Crippen LogP contribution in [0.1, 0.15) is 30.1 Å². The first-order chi connectivity index (χ1) is 15.4. The van der Waals surface area contributed by atoms with Gasteiger partial charge in [0.2, 0.25) is 0 Å². The largest absolute Gasteiger partial charge is 0.483 e. The van der Waals surface area contributed by atoms with Crippen LogP contribution in [0.5, 0.6) is 5.75 Å². The Morgan fingerprint density at radius 1 is 1.00 bits per heavy atom. The first-order valence-corrected chi connectivity index (χ1v) is 11.8. The standard InChI is InChI=1S/C24H20Cl2N4OS/c1-14-4-5-15(2)29(14)21-9-11-32-24(21)19-13-23-27-10-8-20(30(23)28-19)16(3)31-22-7-6-17(25)12-18(22)26/h4-13,16H,1-3H3. The van der Waals surface area contributed by atoms with E-state index in [4.69, 9.17) is 33.0 Å². The summed E-state index contributed by atoms with van der Waals surface area (Å²) in [6, 6.07) is 15.5. The van der Waals surface area contributed by atoms with E-state index in [1.54, 1.807) is 35.7 Å². The van der Waals surface area contributed by atoms with Crippen molar-refractivity contribution >= 4 is 40.2 Å². The highest BCUT2D eigenvalue weighted by Crippen LogP contribution is 2.35. The topological polar surface area (TPSA) is 44.4 Å². The van der Waals surface area contributed by atoms with E-state index in [9.17, 15) is 0 Å². The van der Waals surface area contributed by atoms with Crippen LogP contribution >= 0.6 is 34.5 Å². The molecule has 0 bridgehead atoms. The fraction of sp³-hybridized carbons (Fsp3) is 0.167. The number of halogens is 2. The Labute approximate surface area is 199 Å². The third kappa shape index (κ3) is 3.68. The van der Waals surface area contributed by atoms with Crippen LogP contribution in [-0.4, -0.2) is 19.2 Å². The smallest absolute Gasteiger partial charge is 0.156 e. The van der Waals surface area contributed by atoms with Gasteiger partial charge in [0.25, 0.3) is 0 Å². The third-order valence-corrected chi connectivity index (χ3v) is 6.85. The van der Waals surface area contributed by atoms with Crippen molar-refractivity contribution in [2.45, 2.75) is 26.9 Å². The highest BCUT2D eigenvalue weighted by atomic mass is 35.5. The van der Waals surface area contributed by atoms with Crippen LogP contribution in [0, 0.1) is 13.8 Å². The summed E-state index contributed by atoms with van der Waals surface area (Å²) in [4.78, 5) is 5.61. The number of fused-ring (bicyclic) bond motifs is 1. The van der Waals surface area contributed by atoms with Crippen LogP contribution in [0.2, 0.25) is 10.0 Å². The van der Waals surface area contributed by atoms with Crippen molar-refractivity contribution in [3.8, 4) is 22.0 Å². The second-order valence-corrected chi connectivity index (χ2v) is 9.35. The van der Waals surface area contributed by atoms with E-state index in [1.807, 2.05) is 23.6 Å². The van der Waals surface area contributed by atoms with Gasteiger partial charge < -0.3 is 9.30 Å². The van der Waals surface area contributed by atoms with Crippen molar-refractivity contribution in [2.75, 3.05) is 0 Å². The molecular formula is C24H20Cl2N4OS. The highest BCUT2D eigenvalue weighted by Gasteiger charge is 2.19. The number of rotatable bonds is 5. The van der Waals surface area contributed by atoms with Crippen molar-refractivity contribution in [3.63, 3.8) is 0 Å². The van der Waals surface area contributed by atoms with Crippen molar-refractivity contribution in [1.29, 1.82) is 0 Å². The second kappa shape index (κ2) is 8.28. The highest BCUT2D eigenvalue weighted by molar-refractivity contribution is 7.14. The van der Waals surface area contributed by atoms with E-state index >= 15 is 0 Å². The summed E-state index contributed by atoms with van der Waals surface area (Å²) in [6.45, 7) is 6.18. The predicted molar refractivity (Wildman–Crippen MR) is 131 cm³/mol. The van der Waals surface area contributed by atoms with Crippen molar-refractivity contribution in [3.05, 3.63) is 87.2 Å². The maximum Gasteiger partial charge on any atom is 0.156 e. The maximum atomic E-state index is 6.30. The number of benzene rings is 1. The van der Waals surface area contributed by atoms with Crippen LogP contribution in [0.15, 0.2) is 60.1 Å². The molecular weight excluding hydrogens is 463 g/mol. The number of hydrogen-bond acceptors (Lipinski definition) is 4. The molecule has 0 aliphatic heterocycles. The molecule has 5 nitrogen and oxygen atoms in total. The molecule has 0 N–H and O–H groups in total. The molecule has 0 saturated heterocycles. The lowest BCUT2D eigenvalue weighted by Gasteiger charge is -2.17. The minimum Gasteiger partial charge on any atom is -0.483 e. The Hall–Kier alpha value is -2.80. The van der Waals surface area contributed by atoms with Crippen LogP contribution in [0.25, 0.3) is 21.9 Å². The normalized spacial score (nSPS) is 12.4.